The maximum Gasteiger partial charge on any atom is 0.248 e. The summed E-state index contributed by atoms with van der Waals surface area (Å²) in [4.78, 5) is 13.6. The van der Waals surface area contributed by atoms with Gasteiger partial charge < -0.3 is 15.4 Å². The highest BCUT2D eigenvalue weighted by molar-refractivity contribution is 5.93. The molecule has 0 aliphatic rings. The van der Waals surface area contributed by atoms with Crippen LogP contribution >= 0.6 is 0 Å². The number of nitrogens with zero attached hydrogens (tertiary/aromatic N) is 1. The summed E-state index contributed by atoms with van der Waals surface area (Å²) in [6.45, 7) is 4.07. The van der Waals surface area contributed by atoms with E-state index in [0.29, 0.717) is 11.3 Å². The fraction of sp³-hybridized carbons (Fsp3) is 0.316. The average Bonchev–Trinajstić information content (AvgIpc) is 2.59. The molecule has 1 unspecified atom stereocenters. The fourth-order valence-corrected chi connectivity index (χ4v) is 2.34. The van der Waals surface area contributed by atoms with Crippen LogP contribution in [0.1, 0.15) is 35.4 Å². The molecule has 0 spiro atoms. The minimum atomic E-state index is -0.447. The number of nitrogens with two attached hydrogens (primary N) is 1. The molecule has 2 N–H and O–H groups in total. The van der Waals surface area contributed by atoms with Gasteiger partial charge in [-0.1, -0.05) is 43.3 Å². The predicted molar refractivity (Wildman–Crippen MR) is 92.6 cm³/mol. The third-order valence-corrected chi connectivity index (χ3v) is 3.88. The van der Waals surface area contributed by atoms with Gasteiger partial charge in [-0.05, 0) is 37.4 Å². The lowest BCUT2D eigenvalue weighted by atomic mass is 10.1. The van der Waals surface area contributed by atoms with Gasteiger partial charge in [0.05, 0.1) is 0 Å². The zero-order valence-electron chi connectivity index (χ0n) is 13.7. The van der Waals surface area contributed by atoms with Crippen molar-refractivity contribution in [2.45, 2.75) is 19.4 Å². The number of carbonyl (C=O) groups excluding carboxylic acids is 1. The van der Waals surface area contributed by atoms with Crippen LogP contribution in [0.15, 0.2) is 54.6 Å². The van der Waals surface area contributed by atoms with Gasteiger partial charge in [0, 0.05) is 18.5 Å². The summed E-state index contributed by atoms with van der Waals surface area (Å²) < 4.78 is 6.15. The first-order chi connectivity index (χ1) is 11.1. The molecular weight excluding hydrogens is 288 g/mol. The van der Waals surface area contributed by atoms with Crippen molar-refractivity contribution in [1.82, 2.24) is 4.90 Å². The van der Waals surface area contributed by atoms with Crippen molar-refractivity contribution in [1.29, 1.82) is 0 Å². The molecule has 0 aromatic heterocycles. The summed E-state index contributed by atoms with van der Waals surface area (Å²) >= 11 is 0. The standard InChI is InChI=1S/C19H24N2O2/c1-3-21(2)13-12-18(15-8-5-4-6-9-15)23-17-11-7-10-16(14-17)19(20)22/h4-11,14,18H,3,12-13H2,1-2H3,(H2,20,22). The number of hydrogen-bond donors (Lipinski definition) is 1. The van der Waals surface area contributed by atoms with Gasteiger partial charge in [0.2, 0.25) is 5.91 Å². The Morgan fingerprint density at radius 3 is 2.57 bits per heavy atom. The second kappa shape index (κ2) is 8.34. The summed E-state index contributed by atoms with van der Waals surface area (Å²) in [5.74, 6) is 0.215. The molecule has 1 atom stereocenters. The van der Waals surface area contributed by atoms with Gasteiger partial charge in [-0.25, -0.2) is 0 Å². The Labute approximate surface area is 137 Å². The number of benzene rings is 2. The first kappa shape index (κ1) is 17.0. The third kappa shape index (κ3) is 5.11. The van der Waals surface area contributed by atoms with E-state index < -0.39 is 5.91 Å². The van der Waals surface area contributed by atoms with Crippen molar-refractivity contribution in [3.05, 3.63) is 65.7 Å². The Balaban J connectivity index is 2.17. The minimum absolute atomic E-state index is 0.0617. The molecule has 0 heterocycles. The quantitative estimate of drug-likeness (QED) is 0.814. The zero-order valence-corrected chi connectivity index (χ0v) is 13.7. The molecule has 4 heteroatoms. The lowest BCUT2D eigenvalue weighted by Crippen LogP contribution is -2.22. The lowest BCUT2D eigenvalue weighted by Gasteiger charge is -2.22. The van der Waals surface area contributed by atoms with Crippen molar-refractivity contribution in [3.8, 4) is 5.75 Å². The van der Waals surface area contributed by atoms with Crippen molar-refractivity contribution in [2.75, 3.05) is 20.1 Å². The number of rotatable bonds is 8. The Kier molecular flexibility index (Phi) is 6.18. The Bertz CT molecular complexity index is 628. The molecule has 0 radical (unpaired) electrons. The molecule has 122 valence electrons. The van der Waals surface area contributed by atoms with Gasteiger partial charge in [0.25, 0.3) is 0 Å². The van der Waals surface area contributed by atoms with E-state index in [1.165, 1.54) is 0 Å². The fourth-order valence-electron chi connectivity index (χ4n) is 2.34. The molecule has 0 aliphatic carbocycles. The second-order valence-electron chi connectivity index (χ2n) is 5.59. The summed E-state index contributed by atoms with van der Waals surface area (Å²) in [7, 11) is 2.09. The first-order valence-electron chi connectivity index (χ1n) is 7.90. The van der Waals surface area contributed by atoms with Crippen LogP contribution in [0.3, 0.4) is 0 Å². The van der Waals surface area contributed by atoms with Crippen LogP contribution in [0.5, 0.6) is 5.75 Å². The van der Waals surface area contributed by atoms with Gasteiger partial charge in [0.15, 0.2) is 0 Å². The number of amides is 1. The molecular formula is C19H24N2O2. The Morgan fingerprint density at radius 1 is 1.17 bits per heavy atom. The maximum atomic E-state index is 11.3. The highest BCUT2D eigenvalue weighted by atomic mass is 16.5. The molecule has 2 aromatic carbocycles. The number of primary amides is 1. The van der Waals surface area contributed by atoms with E-state index >= 15 is 0 Å². The number of carbonyl (C=O) groups is 1. The highest BCUT2D eigenvalue weighted by Gasteiger charge is 2.15. The smallest absolute Gasteiger partial charge is 0.248 e. The zero-order chi connectivity index (χ0) is 16.7. The molecule has 0 saturated heterocycles. The number of ether oxygens (including phenoxy) is 1. The molecule has 23 heavy (non-hydrogen) atoms. The summed E-state index contributed by atoms with van der Waals surface area (Å²) in [5, 5.41) is 0. The van der Waals surface area contributed by atoms with Crippen LogP contribution in [-0.4, -0.2) is 30.9 Å². The third-order valence-electron chi connectivity index (χ3n) is 3.88. The molecule has 0 aliphatic heterocycles. The monoisotopic (exact) mass is 312 g/mol. The van der Waals surface area contributed by atoms with E-state index in [1.54, 1.807) is 18.2 Å². The highest BCUT2D eigenvalue weighted by Crippen LogP contribution is 2.25. The molecule has 0 fully saturated rings. The lowest BCUT2D eigenvalue weighted by molar-refractivity contribution is 0.0999. The predicted octanol–water partition coefficient (Wildman–Crippen LogP) is 3.25. The largest absolute Gasteiger partial charge is 0.486 e. The summed E-state index contributed by atoms with van der Waals surface area (Å²) in [6, 6.07) is 17.2. The minimum Gasteiger partial charge on any atom is -0.486 e. The topological polar surface area (TPSA) is 55.6 Å². The van der Waals surface area contributed by atoms with Crippen LogP contribution < -0.4 is 10.5 Å². The second-order valence-corrected chi connectivity index (χ2v) is 5.59. The Morgan fingerprint density at radius 2 is 1.91 bits per heavy atom. The van der Waals surface area contributed by atoms with Crippen LogP contribution in [0.2, 0.25) is 0 Å². The van der Waals surface area contributed by atoms with Crippen molar-refractivity contribution in [3.63, 3.8) is 0 Å². The first-order valence-corrected chi connectivity index (χ1v) is 7.90. The average molecular weight is 312 g/mol. The van der Waals surface area contributed by atoms with Gasteiger partial charge in [-0.15, -0.1) is 0 Å². The van der Waals surface area contributed by atoms with E-state index in [4.69, 9.17) is 10.5 Å². The van der Waals surface area contributed by atoms with Crippen molar-refractivity contribution < 1.29 is 9.53 Å². The van der Waals surface area contributed by atoms with E-state index in [0.717, 1.165) is 25.1 Å². The molecule has 2 aromatic rings. The van der Waals surface area contributed by atoms with Gasteiger partial charge in [-0.3, -0.25) is 4.79 Å². The van der Waals surface area contributed by atoms with E-state index in [2.05, 4.69) is 31.0 Å². The van der Waals surface area contributed by atoms with E-state index in [1.807, 2.05) is 24.3 Å². The Hall–Kier alpha value is -2.33. The van der Waals surface area contributed by atoms with E-state index in [9.17, 15) is 4.79 Å². The van der Waals surface area contributed by atoms with E-state index in [-0.39, 0.29) is 6.10 Å². The summed E-state index contributed by atoms with van der Waals surface area (Å²) in [6.07, 6.45) is 0.808. The SMILES string of the molecule is CCN(C)CCC(Oc1cccc(C(N)=O)c1)c1ccccc1. The number of hydrogen-bond acceptors (Lipinski definition) is 3. The van der Waals surface area contributed by atoms with Crippen LogP contribution in [-0.2, 0) is 0 Å². The van der Waals surface area contributed by atoms with Crippen LogP contribution in [0, 0.1) is 0 Å². The molecule has 4 nitrogen and oxygen atoms in total. The molecule has 0 saturated carbocycles. The molecule has 0 bridgehead atoms. The summed E-state index contributed by atoms with van der Waals surface area (Å²) in [5.41, 5.74) is 6.92. The van der Waals surface area contributed by atoms with Crippen LogP contribution in [0.25, 0.3) is 0 Å². The van der Waals surface area contributed by atoms with Gasteiger partial charge >= 0.3 is 0 Å². The molecule has 2 rings (SSSR count). The normalized spacial score (nSPS) is 12.1. The molecule has 1 amide bonds. The van der Waals surface area contributed by atoms with Crippen molar-refractivity contribution >= 4 is 5.91 Å². The van der Waals surface area contributed by atoms with Gasteiger partial charge in [-0.2, -0.15) is 0 Å². The van der Waals surface area contributed by atoms with Crippen LogP contribution in [0.4, 0.5) is 0 Å². The van der Waals surface area contributed by atoms with Gasteiger partial charge in [0.1, 0.15) is 11.9 Å². The maximum absolute atomic E-state index is 11.3. The van der Waals surface area contributed by atoms with Crippen molar-refractivity contribution in [2.24, 2.45) is 5.73 Å².